The zero-order chi connectivity index (χ0) is 13.2. The first-order chi connectivity index (χ1) is 8.53. The summed E-state index contributed by atoms with van der Waals surface area (Å²) < 4.78 is 32.3. The Morgan fingerprint density at radius 2 is 2.28 bits per heavy atom. The van der Waals surface area contributed by atoms with Gasteiger partial charge in [0.05, 0.1) is 23.6 Å². The first-order valence-corrected chi connectivity index (χ1v) is 7.35. The molecule has 6 heteroatoms. The fourth-order valence-electron chi connectivity index (χ4n) is 1.96. The quantitative estimate of drug-likeness (QED) is 0.842. The second-order valence-corrected chi connectivity index (χ2v) is 6.11. The van der Waals surface area contributed by atoms with E-state index in [0.29, 0.717) is 18.6 Å². The van der Waals surface area contributed by atoms with Crippen molar-refractivity contribution in [3.8, 4) is 0 Å². The summed E-state index contributed by atoms with van der Waals surface area (Å²) in [5.41, 5.74) is 0.577. The Labute approximate surface area is 107 Å². The number of ether oxygens (including phenoxy) is 1. The lowest BCUT2D eigenvalue weighted by molar-refractivity contribution is 0.117. The highest BCUT2D eigenvalue weighted by Gasteiger charge is 2.29. The van der Waals surface area contributed by atoms with Crippen molar-refractivity contribution in [1.29, 1.82) is 0 Å². The van der Waals surface area contributed by atoms with Crippen LogP contribution in [0.2, 0.25) is 0 Å². The van der Waals surface area contributed by atoms with Gasteiger partial charge >= 0.3 is 0 Å². The monoisotopic (exact) mass is 271 g/mol. The van der Waals surface area contributed by atoms with Crippen molar-refractivity contribution in [2.45, 2.75) is 37.0 Å². The van der Waals surface area contributed by atoms with Crippen LogP contribution < -0.4 is 4.72 Å². The Balaban J connectivity index is 2.19. The molecule has 1 aromatic carbocycles. The Kier molecular flexibility index (Phi) is 4.01. The lowest BCUT2D eigenvalue weighted by Crippen LogP contribution is -2.39. The number of rotatable bonds is 4. The summed E-state index contributed by atoms with van der Waals surface area (Å²) in [7, 11) is -3.55. The van der Waals surface area contributed by atoms with Crippen molar-refractivity contribution in [3.63, 3.8) is 0 Å². The molecule has 18 heavy (non-hydrogen) atoms. The zero-order valence-corrected chi connectivity index (χ0v) is 11.0. The van der Waals surface area contributed by atoms with E-state index in [1.54, 1.807) is 12.1 Å². The summed E-state index contributed by atoms with van der Waals surface area (Å²) in [6, 6.07) is 6.10. The highest BCUT2D eigenvalue weighted by molar-refractivity contribution is 7.89. The van der Waals surface area contributed by atoms with Crippen LogP contribution >= 0.6 is 0 Å². The van der Waals surface area contributed by atoms with Gasteiger partial charge in [0.25, 0.3) is 0 Å². The summed E-state index contributed by atoms with van der Waals surface area (Å²) in [4.78, 5) is 0.174. The van der Waals surface area contributed by atoms with Crippen LogP contribution in [0.3, 0.4) is 0 Å². The number of benzene rings is 1. The Morgan fingerprint density at radius 3 is 2.89 bits per heavy atom. The van der Waals surface area contributed by atoms with Gasteiger partial charge in [-0.25, -0.2) is 13.1 Å². The number of aliphatic hydroxyl groups is 1. The summed E-state index contributed by atoms with van der Waals surface area (Å²) >= 11 is 0. The molecular formula is C12H17NO4S. The summed E-state index contributed by atoms with van der Waals surface area (Å²) in [5, 5.41) is 9.02. The van der Waals surface area contributed by atoms with Crippen molar-refractivity contribution >= 4 is 10.0 Å². The van der Waals surface area contributed by atoms with E-state index in [9.17, 15) is 8.42 Å². The van der Waals surface area contributed by atoms with E-state index < -0.39 is 10.0 Å². The third-order valence-electron chi connectivity index (χ3n) is 3.07. The molecule has 2 unspecified atom stereocenters. The predicted octanol–water partition coefficient (Wildman–Crippen LogP) is 0.635. The first-order valence-electron chi connectivity index (χ1n) is 5.86. The molecule has 2 rings (SSSR count). The molecule has 0 aromatic heterocycles. The molecule has 0 saturated carbocycles. The van der Waals surface area contributed by atoms with E-state index >= 15 is 0 Å². The molecule has 0 bridgehead atoms. The van der Waals surface area contributed by atoms with Gasteiger partial charge in [-0.15, -0.1) is 0 Å². The maximum absolute atomic E-state index is 12.2. The van der Waals surface area contributed by atoms with Crippen LogP contribution in [0, 0.1) is 0 Å². The molecule has 1 saturated heterocycles. The minimum atomic E-state index is -3.55. The van der Waals surface area contributed by atoms with Crippen LogP contribution in [0.4, 0.5) is 0 Å². The highest BCUT2D eigenvalue weighted by atomic mass is 32.2. The average molecular weight is 271 g/mol. The number of sulfonamides is 1. The molecule has 0 aliphatic carbocycles. The molecule has 1 aromatic rings. The van der Waals surface area contributed by atoms with E-state index in [0.717, 1.165) is 0 Å². The molecule has 0 spiro atoms. The van der Waals surface area contributed by atoms with Crippen molar-refractivity contribution in [1.82, 2.24) is 4.72 Å². The van der Waals surface area contributed by atoms with E-state index in [2.05, 4.69) is 4.72 Å². The van der Waals surface area contributed by atoms with Crippen LogP contribution in [-0.4, -0.2) is 32.3 Å². The molecule has 5 nitrogen and oxygen atoms in total. The second-order valence-electron chi connectivity index (χ2n) is 4.40. The number of hydrogen-bond donors (Lipinski definition) is 2. The molecule has 1 fully saturated rings. The van der Waals surface area contributed by atoms with Gasteiger partial charge in [-0.3, -0.25) is 0 Å². The Hall–Kier alpha value is -0.950. The molecule has 2 N–H and O–H groups in total. The molecule has 0 radical (unpaired) electrons. The average Bonchev–Trinajstić information content (AvgIpc) is 2.74. The SMILES string of the molecule is CC1OCCC1NS(=O)(=O)c1cccc(CO)c1. The van der Waals surface area contributed by atoms with Gasteiger partial charge in [0, 0.05) is 6.61 Å². The number of hydrogen-bond acceptors (Lipinski definition) is 4. The van der Waals surface area contributed by atoms with Gasteiger partial charge in [-0.05, 0) is 31.0 Å². The molecule has 2 atom stereocenters. The van der Waals surface area contributed by atoms with Gasteiger partial charge in [-0.1, -0.05) is 12.1 Å². The van der Waals surface area contributed by atoms with Gasteiger partial charge in [0.2, 0.25) is 10.0 Å². The summed E-state index contributed by atoms with van der Waals surface area (Å²) in [6.07, 6.45) is 0.570. The van der Waals surface area contributed by atoms with Crippen LogP contribution in [-0.2, 0) is 21.4 Å². The van der Waals surface area contributed by atoms with Gasteiger partial charge in [0.15, 0.2) is 0 Å². The van der Waals surface area contributed by atoms with Crippen molar-refractivity contribution in [2.75, 3.05) is 6.61 Å². The minimum Gasteiger partial charge on any atom is -0.392 e. The maximum Gasteiger partial charge on any atom is 0.240 e. The molecule has 1 aliphatic rings. The standard InChI is InChI=1S/C12H17NO4S/c1-9-12(5-6-17-9)13-18(15,16)11-4-2-3-10(7-11)8-14/h2-4,7,9,12-14H,5-6,8H2,1H3. The van der Waals surface area contributed by atoms with Crippen LogP contribution in [0.15, 0.2) is 29.2 Å². The lowest BCUT2D eigenvalue weighted by atomic mass is 10.2. The van der Waals surface area contributed by atoms with E-state index in [1.165, 1.54) is 12.1 Å². The molecule has 0 amide bonds. The molecule has 1 heterocycles. The second kappa shape index (κ2) is 5.36. The fraction of sp³-hybridized carbons (Fsp3) is 0.500. The van der Waals surface area contributed by atoms with E-state index in [1.807, 2.05) is 6.92 Å². The van der Waals surface area contributed by atoms with Crippen LogP contribution in [0.1, 0.15) is 18.9 Å². The van der Waals surface area contributed by atoms with Crippen molar-refractivity contribution in [3.05, 3.63) is 29.8 Å². The molecular weight excluding hydrogens is 254 g/mol. The fourth-order valence-corrected chi connectivity index (χ4v) is 3.37. The highest BCUT2D eigenvalue weighted by Crippen LogP contribution is 2.17. The van der Waals surface area contributed by atoms with E-state index in [4.69, 9.17) is 9.84 Å². The van der Waals surface area contributed by atoms with Gasteiger partial charge < -0.3 is 9.84 Å². The first kappa shape index (κ1) is 13.5. The summed E-state index contributed by atoms with van der Waals surface area (Å²) in [5.74, 6) is 0. The number of nitrogens with one attached hydrogen (secondary N) is 1. The van der Waals surface area contributed by atoms with E-state index in [-0.39, 0.29) is 23.6 Å². The van der Waals surface area contributed by atoms with Crippen molar-refractivity contribution < 1.29 is 18.3 Å². The van der Waals surface area contributed by atoms with Crippen molar-refractivity contribution in [2.24, 2.45) is 0 Å². The smallest absolute Gasteiger partial charge is 0.240 e. The maximum atomic E-state index is 12.2. The van der Waals surface area contributed by atoms with Gasteiger partial charge in [-0.2, -0.15) is 0 Å². The zero-order valence-electron chi connectivity index (χ0n) is 10.2. The minimum absolute atomic E-state index is 0.110. The Bertz CT molecular complexity index is 515. The van der Waals surface area contributed by atoms with Gasteiger partial charge in [0.1, 0.15) is 0 Å². The third-order valence-corrected chi connectivity index (χ3v) is 4.56. The number of aliphatic hydroxyl groups excluding tert-OH is 1. The van der Waals surface area contributed by atoms with Crippen LogP contribution in [0.5, 0.6) is 0 Å². The predicted molar refractivity (Wildman–Crippen MR) is 66.5 cm³/mol. The largest absolute Gasteiger partial charge is 0.392 e. The third kappa shape index (κ3) is 2.89. The normalized spacial score (nSPS) is 24.3. The Morgan fingerprint density at radius 1 is 1.50 bits per heavy atom. The lowest BCUT2D eigenvalue weighted by Gasteiger charge is -2.16. The summed E-state index contributed by atoms with van der Waals surface area (Å²) in [6.45, 7) is 2.25. The molecule has 100 valence electrons. The topological polar surface area (TPSA) is 75.6 Å². The van der Waals surface area contributed by atoms with Crippen LogP contribution in [0.25, 0.3) is 0 Å². The molecule has 1 aliphatic heterocycles.